The van der Waals surface area contributed by atoms with Gasteiger partial charge in [0.2, 0.25) is 15.9 Å². The van der Waals surface area contributed by atoms with Crippen LogP contribution in [0.3, 0.4) is 0 Å². The summed E-state index contributed by atoms with van der Waals surface area (Å²) in [6, 6.07) is 16.1. The zero-order valence-electron chi connectivity index (χ0n) is 18.1. The number of likely N-dealkylation sites (N-methyl/N-ethyl adjacent to an activating group) is 1. The second-order valence-electron chi connectivity index (χ2n) is 7.54. The number of carbonyl (C=O) groups is 1. The second kappa shape index (κ2) is 11.3. The molecule has 7 nitrogen and oxygen atoms in total. The fourth-order valence-electron chi connectivity index (χ4n) is 3.44. The van der Waals surface area contributed by atoms with Crippen LogP contribution in [-0.4, -0.2) is 36.9 Å². The zero-order chi connectivity index (χ0) is 24.9. The number of benzene rings is 2. The van der Waals surface area contributed by atoms with Gasteiger partial charge in [-0.15, -0.1) is 0 Å². The molecule has 1 aromatic heterocycles. The third-order valence-electron chi connectivity index (χ3n) is 5.07. The number of amides is 1. The summed E-state index contributed by atoms with van der Waals surface area (Å²) in [7, 11) is -2.70. The normalized spacial score (nSPS) is 12.2. The highest BCUT2D eigenvalue weighted by Crippen LogP contribution is 2.33. The Morgan fingerprint density at radius 1 is 1.12 bits per heavy atom. The van der Waals surface area contributed by atoms with Crippen LogP contribution in [0.25, 0.3) is 0 Å². The van der Waals surface area contributed by atoms with E-state index < -0.39 is 22.0 Å². The Morgan fingerprint density at radius 2 is 1.76 bits per heavy atom. The highest BCUT2D eigenvalue weighted by molar-refractivity contribution is 7.89. The molecule has 2 aromatic carbocycles. The predicted molar refractivity (Wildman–Crippen MR) is 132 cm³/mol. The van der Waals surface area contributed by atoms with Crippen LogP contribution in [-0.2, 0) is 27.9 Å². The molecule has 0 fully saturated rings. The molecule has 0 radical (unpaired) electrons. The summed E-state index contributed by atoms with van der Waals surface area (Å²) in [5.41, 5.74) is 1.29. The van der Waals surface area contributed by atoms with E-state index in [1.54, 1.807) is 29.9 Å². The number of hydrogen-bond acceptors (Lipinski definition) is 4. The summed E-state index contributed by atoms with van der Waals surface area (Å²) in [5, 5.41) is 9.11. The van der Waals surface area contributed by atoms with Gasteiger partial charge in [-0.1, -0.05) is 65.1 Å². The first-order valence-corrected chi connectivity index (χ1v) is 12.7. The number of aromatic nitrogens is 1. The smallest absolute Gasteiger partial charge is 0.244 e. The molecule has 178 valence electrons. The predicted octanol–water partition coefficient (Wildman–Crippen LogP) is 4.72. The molecule has 34 heavy (non-hydrogen) atoms. The van der Waals surface area contributed by atoms with Crippen molar-refractivity contribution in [2.75, 3.05) is 7.05 Å². The molecule has 0 saturated heterocycles. The van der Waals surface area contributed by atoms with Crippen LogP contribution < -0.4 is 4.72 Å². The van der Waals surface area contributed by atoms with Gasteiger partial charge in [-0.2, -0.15) is 9.98 Å². The van der Waals surface area contributed by atoms with E-state index in [1.807, 2.05) is 30.3 Å². The highest BCUT2D eigenvalue weighted by Gasteiger charge is 2.31. The van der Waals surface area contributed by atoms with Crippen LogP contribution in [0, 0.1) is 11.3 Å². The molecule has 0 saturated carbocycles. The van der Waals surface area contributed by atoms with Crippen molar-refractivity contribution in [2.45, 2.75) is 30.4 Å². The lowest BCUT2D eigenvalue weighted by molar-refractivity contribution is -0.132. The van der Waals surface area contributed by atoms with Crippen LogP contribution in [0.5, 0.6) is 0 Å². The first-order valence-electron chi connectivity index (χ1n) is 10.1. The topological polar surface area (TPSA) is 95.2 Å². The first-order chi connectivity index (χ1) is 16.1. The van der Waals surface area contributed by atoms with E-state index in [-0.39, 0.29) is 39.5 Å². The molecular formula is C23H21Cl3N4O3S. The monoisotopic (exact) mass is 538 g/mol. The van der Waals surface area contributed by atoms with E-state index in [2.05, 4.69) is 10.8 Å². The number of nitrogens with one attached hydrogen (secondary N) is 1. The second-order valence-corrected chi connectivity index (χ2v) is 10.4. The van der Waals surface area contributed by atoms with Gasteiger partial charge in [0, 0.05) is 31.4 Å². The maximum Gasteiger partial charge on any atom is 0.244 e. The average Bonchev–Trinajstić information content (AvgIpc) is 3.23. The summed E-state index contributed by atoms with van der Waals surface area (Å²) in [6.07, 6.45) is 1.78. The van der Waals surface area contributed by atoms with Gasteiger partial charge < -0.3 is 9.47 Å². The molecule has 0 aliphatic heterocycles. The van der Waals surface area contributed by atoms with E-state index in [4.69, 9.17) is 34.8 Å². The number of hydrogen-bond donors (Lipinski definition) is 1. The molecule has 3 rings (SSSR count). The molecule has 3 aromatic rings. The van der Waals surface area contributed by atoms with Crippen LogP contribution in [0.4, 0.5) is 0 Å². The summed E-state index contributed by atoms with van der Waals surface area (Å²) >= 11 is 18.2. The van der Waals surface area contributed by atoms with Crippen molar-refractivity contribution in [3.8, 4) is 6.07 Å². The first kappa shape index (κ1) is 26.1. The van der Waals surface area contributed by atoms with Gasteiger partial charge in [0.1, 0.15) is 22.7 Å². The Bertz CT molecular complexity index is 1300. The van der Waals surface area contributed by atoms with Crippen LogP contribution in [0.15, 0.2) is 65.7 Å². The van der Waals surface area contributed by atoms with Crippen molar-refractivity contribution in [2.24, 2.45) is 0 Å². The van der Waals surface area contributed by atoms with Gasteiger partial charge in [-0.25, -0.2) is 8.42 Å². The fraction of sp³-hybridized carbons (Fsp3) is 0.217. The summed E-state index contributed by atoms with van der Waals surface area (Å²) in [5.74, 6) is -0.445. The number of carbonyl (C=O) groups excluding carboxylic acids is 1. The molecule has 0 spiro atoms. The summed E-state index contributed by atoms with van der Waals surface area (Å²) in [4.78, 5) is 14.4. The molecule has 0 aliphatic rings. The Hall–Kier alpha value is -2.54. The van der Waals surface area contributed by atoms with Gasteiger partial charge in [-0.05, 0) is 36.2 Å². The van der Waals surface area contributed by atoms with Crippen molar-refractivity contribution in [3.63, 3.8) is 0 Å². The van der Waals surface area contributed by atoms with E-state index >= 15 is 0 Å². The average molecular weight is 540 g/mol. The van der Waals surface area contributed by atoms with Crippen LogP contribution in [0.1, 0.15) is 17.7 Å². The lowest BCUT2D eigenvalue weighted by atomic mass is 10.1. The van der Waals surface area contributed by atoms with Crippen LogP contribution in [0.2, 0.25) is 15.1 Å². The SMILES string of the molecule is CN(Cc1ccccc1)C(=O)C(CCn1cccc1C#N)NS(=O)(=O)c1c(Cl)cc(Cl)cc1Cl. The van der Waals surface area contributed by atoms with Crippen molar-refractivity contribution >= 4 is 50.7 Å². The quantitative estimate of drug-likeness (QED) is 0.426. The maximum atomic E-state index is 13.3. The molecule has 11 heteroatoms. The molecule has 1 unspecified atom stereocenters. The third kappa shape index (κ3) is 6.32. The lowest BCUT2D eigenvalue weighted by Gasteiger charge is -2.25. The van der Waals surface area contributed by atoms with Gasteiger partial charge >= 0.3 is 0 Å². The van der Waals surface area contributed by atoms with Crippen molar-refractivity contribution in [1.82, 2.24) is 14.2 Å². The molecule has 1 amide bonds. The summed E-state index contributed by atoms with van der Waals surface area (Å²) < 4.78 is 30.5. The van der Waals surface area contributed by atoms with Crippen molar-refractivity contribution < 1.29 is 13.2 Å². The van der Waals surface area contributed by atoms with Gasteiger partial charge in [0.25, 0.3) is 0 Å². The Kier molecular flexibility index (Phi) is 8.63. The Labute approximate surface area is 213 Å². The van der Waals surface area contributed by atoms with E-state index in [1.165, 1.54) is 17.0 Å². The molecule has 1 heterocycles. The standard InChI is InChI=1S/C23H21Cl3N4O3S/c1-29(15-16-6-3-2-4-7-16)23(31)21(9-11-30-10-5-8-18(30)14-27)28-34(32,33)22-19(25)12-17(24)13-20(22)26/h2-8,10,12-13,21,28H,9,11,15H2,1H3. The third-order valence-corrected chi connectivity index (χ3v) is 7.68. The zero-order valence-corrected chi connectivity index (χ0v) is 21.2. The van der Waals surface area contributed by atoms with E-state index in [9.17, 15) is 18.5 Å². The molecule has 1 N–H and O–H groups in total. The Morgan fingerprint density at radius 3 is 2.38 bits per heavy atom. The van der Waals surface area contributed by atoms with E-state index in [0.717, 1.165) is 5.56 Å². The van der Waals surface area contributed by atoms with Gasteiger partial charge in [0.05, 0.1) is 10.0 Å². The Balaban J connectivity index is 1.89. The number of sulfonamides is 1. The maximum absolute atomic E-state index is 13.3. The molecule has 0 aliphatic carbocycles. The minimum absolute atomic E-state index is 0.0867. The van der Waals surface area contributed by atoms with Crippen molar-refractivity contribution in [1.29, 1.82) is 5.26 Å². The van der Waals surface area contributed by atoms with E-state index in [0.29, 0.717) is 5.69 Å². The molecule has 1 atom stereocenters. The van der Waals surface area contributed by atoms with Gasteiger partial charge in [-0.3, -0.25) is 4.79 Å². The minimum Gasteiger partial charge on any atom is -0.340 e. The molecule has 0 bridgehead atoms. The summed E-state index contributed by atoms with van der Waals surface area (Å²) in [6.45, 7) is 0.517. The molecular weight excluding hydrogens is 519 g/mol. The minimum atomic E-state index is -4.29. The fourth-order valence-corrected chi connectivity index (χ4v) is 6.21. The number of halogens is 3. The van der Waals surface area contributed by atoms with Gasteiger partial charge in [0.15, 0.2) is 0 Å². The highest BCUT2D eigenvalue weighted by atomic mass is 35.5. The number of aryl methyl sites for hydroxylation is 1. The van der Waals surface area contributed by atoms with Crippen molar-refractivity contribution in [3.05, 3.63) is 87.1 Å². The number of nitrogens with zero attached hydrogens (tertiary/aromatic N) is 3. The lowest BCUT2D eigenvalue weighted by Crippen LogP contribution is -2.47. The van der Waals surface area contributed by atoms with Crippen LogP contribution >= 0.6 is 34.8 Å². The largest absolute Gasteiger partial charge is 0.340 e. The number of rotatable bonds is 9. The number of nitriles is 1.